The second-order valence-electron chi connectivity index (χ2n) is 6.17. The van der Waals surface area contributed by atoms with Crippen LogP contribution in [0.3, 0.4) is 0 Å². The molecule has 0 aromatic heterocycles. The van der Waals surface area contributed by atoms with Crippen LogP contribution >= 0.6 is 0 Å². The Kier molecular flexibility index (Phi) is 6.12. The molecule has 1 heterocycles. The number of piperidine rings is 1. The number of carbonyl (C=O) groups is 2. The lowest BCUT2D eigenvalue weighted by molar-refractivity contribution is -0.138. The third-order valence-electron chi connectivity index (χ3n) is 4.19. The van der Waals surface area contributed by atoms with E-state index in [0.717, 1.165) is 6.26 Å². The van der Waals surface area contributed by atoms with Crippen molar-refractivity contribution in [3.05, 3.63) is 35.6 Å². The van der Waals surface area contributed by atoms with Crippen LogP contribution in [0.4, 0.5) is 4.39 Å². The van der Waals surface area contributed by atoms with Crippen molar-refractivity contribution < 1.29 is 27.5 Å². The molecule has 1 amide bonds. The second-order valence-corrected chi connectivity index (χ2v) is 8.15. The number of aliphatic carboxylic acids is 1. The molecule has 1 aromatic carbocycles. The van der Waals surface area contributed by atoms with Gasteiger partial charge in [0.2, 0.25) is 15.9 Å². The summed E-state index contributed by atoms with van der Waals surface area (Å²) in [6.07, 6.45) is 1.84. The standard InChI is InChI=1S/C16H21FN2O5S/c1-25(23,24)19-8-2-3-12(10-19)16(22)18-14(9-15(20)21)11-4-6-13(17)7-5-11/h4-7,12,14H,2-3,8-10H2,1H3,(H,18,22)(H,20,21)/t12-,14+/m1/s1. The molecular formula is C16H21FN2O5S. The molecule has 0 radical (unpaired) electrons. The Bertz CT molecular complexity index is 735. The van der Waals surface area contributed by atoms with Gasteiger partial charge in [0, 0.05) is 13.1 Å². The topological polar surface area (TPSA) is 104 Å². The van der Waals surface area contributed by atoms with Gasteiger partial charge in [-0.3, -0.25) is 9.59 Å². The molecule has 0 saturated carbocycles. The van der Waals surface area contributed by atoms with E-state index in [4.69, 9.17) is 5.11 Å². The Morgan fingerprint density at radius 2 is 2.00 bits per heavy atom. The van der Waals surface area contributed by atoms with Gasteiger partial charge in [-0.15, -0.1) is 0 Å². The first-order chi connectivity index (χ1) is 11.7. The number of amides is 1. The van der Waals surface area contributed by atoms with Crippen LogP contribution in [0.15, 0.2) is 24.3 Å². The number of carbonyl (C=O) groups excluding carboxylic acids is 1. The van der Waals surface area contributed by atoms with Crippen LogP contribution in [0.2, 0.25) is 0 Å². The van der Waals surface area contributed by atoms with Crippen LogP contribution in [0.1, 0.15) is 30.9 Å². The van der Waals surface area contributed by atoms with E-state index in [0.29, 0.717) is 24.9 Å². The molecule has 2 N–H and O–H groups in total. The van der Waals surface area contributed by atoms with E-state index in [9.17, 15) is 22.4 Å². The predicted molar refractivity (Wildman–Crippen MR) is 88.7 cm³/mol. The van der Waals surface area contributed by atoms with E-state index in [2.05, 4.69) is 5.32 Å². The molecule has 9 heteroatoms. The van der Waals surface area contributed by atoms with Gasteiger partial charge in [0.25, 0.3) is 0 Å². The van der Waals surface area contributed by atoms with Crippen molar-refractivity contribution in [2.45, 2.75) is 25.3 Å². The third kappa shape index (κ3) is 5.50. The molecule has 0 aliphatic carbocycles. The number of nitrogens with one attached hydrogen (secondary N) is 1. The highest BCUT2D eigenvalue weighted by Crippen LogP contribution is 2.22. The number of carboxylic acids is 1. The van der Waals surface area contributed by atoms with Gasteiger partial charge in [0.15, 0.2) is 0 Å². The first-order valence-corrected chi connectivity index (χ1v) is 9.74. The average molecular weight is 372 g/mol. The molecule has 138 valence electrons. The zero-order valence-electron chi connectivity index (χ0n) is 13.8. The monoisotopic (exact) mass is 372 g/mol. The van der Waals surface area contributed by atoms with Crippen molar-refractivity contribution in [2.75, 3.05) is 19.3 Å². The number of nitrogens with zero attached hydrogens (tertiary/aromatic N) is 1. The van der Waals surface area contributed by atoms with Crippen LogP contribution in [0.25, 0.3) is 0 Å². The van der Waals surface area contributed by atoms with Gasteiger partial charge in [0.1, 0.15) is 5.82 Å². The summed E-state index contributed by atoms with van der Waals surface area (Å²) in [5.41, 5.74) is 0.480. The van der Waals surface area contributed by atoms with Crippen molar-refractivity contribution in [1.82, 2.24) is 9.62 Å². The molecule has 0 bridgehead atoms. The van der Waals surface area contributed by atoms with Gasteiger partial charge in [-0.2, -0.15) is 0 Å². The van der Waals surface area contributed by atoms with E-state index in [1.165, 1.54) is 28.6 Å². The molecule has 0 unspecified atom stereocenters. The summed E-state index contributed by atoms with van der Waals surface area (Å²) in [5, 5.41) is 11.7. The quantitative estimate of drug-likeness (QED) is 0.779. The normalized spacial score (nSPS) is 20.0. The summed E-state index contributed by atoms with van der Waals surface area (Å²) in [7, 11) is -3.38. The maximum atomic E-state index is 13.1. The van der Waals surface area contributed by atoms with Crippen molar-refractivity contribution in [3.8, 4) is 0 Å². The van der Waals surface area contributed by atoms with Crippen molar-refractivity contribution in [1.29, 1.82) is 0 Å². The van der Waals surface area contributed by atoms with Gasteiger partial charge >= 0.3 is 5.97 Å². The fourth-order valence-electron chi connectivity index (χ4n) is 2.87. The number of rotatable bonds is 6. The Hall–Kier alpha value is -2.00. The zero-order valence-corrected chi connectivity index (χ0v) is 14.6. The molecule has 1 aliphatic rings. The van der Waals surface area contributed by atoms with Crippen LogP contribution in [-0.2, 0) is 19.6 Å². The van der Waals surface area contributed by atoms with Gasteiger partial charge in [-0.25, -0.2) is 17.1 Å². The van der Waals surface area contributed by atoms with Gasteiger partial charge < -0.3 is 10.4 Å². The fourth-order valence-corrected chi connectivity index (χ4v) is 3.78. The van der Waals surface area contributed by atoms with Crippen molar-refractivity contribution >= 4 is 21.9 Å². The minimum Gasteiger partial charge on any atom is -0.481 e. The molecule has 25 heavy (non-hydrogen) atoms. The van der Waals surface area contributed by atoms with Crippen LogP contribution in [0, 0.1) is 11.7 Å². The lowest BCUT2D eigenvalue weighted by Gasteiger charge is -2.31. The fraction of sp³-hybridized carbons (Fsp3) is 0.500. The van der Waals surface area contributed by atoms with Gasteiger partial charge in [-0.05, 0) is 30.5 Å². The Labute approximate surface area is 145 Å². The second kappa shape index (κ2) is 7.92. The Morgan fingerprint density at radius 3 is 2.56 bits per heavy atom. The molecule has 2 rings (SSSR count). The van der Waals surface area contributed by atoms with E-state index in [1.54, 1.807) is 0 Å². The maximum Gasteiger partial charge on any atom is 0.305 e. The van der Waals surface area contributed by atoms with E-state index >= 15 is 0 Å². The van der Waals surface area contributed by atoms with Crippen molar-refractivity contribution in [2.24, 2.45) is 5.92 Å². The first-order valence-electron chi connectivity index (χ1n) is 7.89. The van der Waals surface area contributed by atoms with Crippen LogP contribution in [-0.4, -0.2) is 49.1 Å². The minimum atomic E-state index is -3.38. The highest BCUT2D eigenvalue weighted by molar-refractivity contribution is 7.88. The summed E-state index contributed by atoms with van der Waals surface area (Å²) in [5.74, 6) is -2.50. The predicted octanol–water partition coefficient (Wildman–Crippen LogP) is 1.13. The average Bonchev–Trinajstić information content (AvgIpc) is 2.54. The third-order valence-corrected chi connectivity index (χ3v) is 5.46. The summed E-state index contributed by atoms with van der Waals surface area (Å²) in [6, 6.07) is 4.43. The SMILES string of the molecule is CS(=O)(=O)N1CCC[C@@H](C(=O)N[C@@H](CC(=O)O)c2ccc(F)cc2)C1. The number of halogens is 1. The number of sulfonamides is 1. The summed E-state index contributed by atoms with van der Waals surface area (Å²) in [6.45, 7) is 0.451. The molecule has 1 aliphatic heterocycles. The summed E-state index contributed by atoms with van der Waals surface area (Å²) in [4.78, 5) is 23.6. The number of hydrogen-bond acceptors (Lipinski definition) is 4. The van der Waals surface area contributed by atoms with E-state index in [1.807, 2.05) is 0 Å². The highest BCUT2D eigenvalue weighted by atomic mass is 32.2. The van der Waals surface area contributed by atoms with Crippen LogP contribution in [0.5, 0.6) is 0 Å². The lowest BCUT2D eigenvalue weighted by atomic mass is 9.97. The summed E-state index contributed by atoms with van der Waals surface area (Å²) < 4.78 is 37.6. The van der Waals surface area contributed by atoms with Crippen LogP contribution < -0.4 is 5.32 Å². The Balaban J connectivity index is 2.11. The van der Waals surface area contributed by atoms with E-state index < -0.39 is 39.7 Å². The summed E-state index contributed by atoms with van der Waals surface area (Å²) >= 11 is 0. The molecular weight excluding hydrogens is 351 g/mol. The van der Waals surface area contributed by atoms with Gasteiger partial charge in [-0.1, -0.05) is 12.1 Å². The molecule has 1 fully saturated rings. The Morgan fingerprint density at radius 1 is 1.36 bits per heavy atom. The zero-order chi connectivity index (χ0) is 18.6. The molecule has 7 nitrogen and oxygen atoms in total. The minimum absolute atomic E-state index is 0.0773. The molecule has 0 spiro atoms. The molecule has 1 aromatic rings. The molecule has 1 saturated heterocycles. The number of carboxylic acid groups (broad SMARTS) is 1. The van der Waals surface area contributed by atoms with Crippen molar-refractivity contribution in [3.63, 3.8) is 0 Å². The smallest absolute Gasteiger partial charge is 0.305 e. The maximum absolute atomic E-state index is 13.1. The number of benzene rings is 1. The lowest BCUT2D eigenvalue weighted by Crippen LogP contribution is -2.45. The van der Waals surface area contributed by atoms with Gasteiger partial charge in [0.05, 0.1) is 24.6 Å². The highest BCUT2D eigenvalue weighted by Gasteiger charge is 2.31. The van der Waals surface area contributed by atoms with E-state index in [-0.39, 0.29) is 13.0 Å². The first kappa shape index (κ1) is 19.3. The number of hydrogen-bond donors (Lipinski definition) is 2. The largest absolute Gasteiger partial charge is 0.481 e. The molecule has 2 atom stereocenters.